The van der Waals surface area contributed by atoms with Gasteiger partial charge in [-0.05, 0) is 85.2 Å². The number of hydrogen-bond acceptors (Lipinski definition) is 6. The molecule has 3 aromatic carbocycles. The van der Waals surface area contributed by atoms with E-state index in [9.17, 15) is 9.59 Å². The molecule has 0 spiro atoms. The summed E-state index contributed by atoms with van der Waals surface area (Å²) >= 11 is 0. The number of piperazine rings is 1. The summed E-state index contributed by atoms with van der Waals surface area (Å²) < 4.78 is 5.12. The van der Waals surface area contributed by atoms with Crippen LogP contribution in [0.4, 0.5) is 11.4 Å². The highest BCUT2D eigenvalue weighted by Gasteiger charge is 2.22. The van der Waals surface area contributed by atoms with Crippen LogP contribution in [0.3, 0.4) is 0 Å². The number of esters is 1. The van der Waals surface area contributed by atoms with Gasteiger partial charge in [0, 0.05) is 36.4 Å². The number of ether oxygens (including phenoxy) is 1. The fraction of sp³-hybridized carbons (Fsp3) is 0.344. The largest absolute Gasteiger partial charge is 0.466 e. The molecule has 1 saturated heterocycles. The SMILES string of the molecule is CCOC(=O)CC1CCc2ccc(NC(=O)c3ccc(C=NN4CCN(c5ccccc5)CC4)cc3)cc2C1. The molecule has 1 amide bonds. The van der Waals surface area contributed by atoms with Crippen molar-refractivity contribution in [3.63, 3.8) is 0 Å². The Balaban J connectivity index is 1.13. The molecule has 0 bridgehead atoms. The van der Waals surface area contributed by atoms with Crippen LogP contribution in [0, 0.1) is 5.92 Å². The third-order valence-corrected chi connectivity index (χ3v) is 7.48. The van der Waals surface area contributed by atoms with E-state index in [2.05, 4.69) is 50.7 Å². The number of fused-ring (bicyclic) bond motifs is 1. The first-order chi connectivity index (χ1) is 19.1. The van der Waals surface area contributed by atoms with Gasteiger partial charge in [0.2, 0.25) is 0 Å². The summed E-state index contributed by atoms with van der Waals surface area (Å²) in [5, 5.41) is 9.77. The van der Waals surface area contributed by atoms with Crippen LogP contribution < -0.4 is 10.2 Å². The summed E-state index contributed by atoms with van der Waals surface area (Å²) in [5.74, 6) is 0.00771. The van der Waals surface area contributed by atoms with E-state index >= 15 is 0 Å². The molecule has 7 heteroatoms. The third-order valence-electron chi connectivity index (χ3n) is 7.48. The minimum Gasteiger partial charge on any atom is -0.466 e. The Bertz CT molecular complexity index is 1300. The summed E-state index contributed by atoms with van der Waals surface area (Å²) in [4.78, 5) is 27.2. The average Bonchev–Trinajstić information content (AvgIpc) is 2.97. The summed E-state index contributed by atoms with van der Waals surface area (Å²) in [7, 11) is 0. The predicted octanol–water partition coefficient (Wildman–Crippen LogP) is 5.15. The number of benzene rings is 3. The average molecular weight is 525 g/mol. The van der Waals surface area contributed by atoms with Crippen molar-refractivity contribution in [2.75, 3.05) is 43.0 Å². The number of carbonyl (C=O) groups excluding carboxylic acids is 2. The quantitative estimate of drug-likeness (QED) is 0.326. The fourth-order valence-corrected chi connectivity index (χ4v) is 5.32. The van der Waals surface area contributed by atoms with E-state index in [0.717, 1.165) is 56.7 Å². The second-order valence-corrected chi connectivity index (χ2v) is 10.2. The molecule has 2 aliphatic rings. The molecule has 1 unspecified atom stereocenters. The van der Waals surface area contributed by atoms with Crippen LogP contribution in [0.2, 0.25) is 0 Å². The smallest absolute Gasteiger partial charge is 0.306 e. The van der Waals surface area contributed by atoms with Crippen LogP contribution in [0.1, 0.15) is 46.8 Å². The standard InChI is InChI=1S/C32H36N4O3/c1-2-39-31(37)21-25-10-11-26-14-15-29(22-28(26)20-25)34-32(38)27-12-8-24(9-13-27)23-33-36-18-16-35(17-19-36)30-6-4-3-5-7-30/h3-9,12-15,22-23,25H,2,10-11,16-21H2,1H3,(H,34,38). The van der Waals surface area contributed by atoms with E-state index in [-0.39, 0.29) is 17.8 Å². The Hall–Kier alpha value is -4.13. The monoisotopic (exact) mass is 524 g/mol. The van der Waals surface area contributed by atoms with Gasteiger partial charge in [0.25, 0.3) is 5.91 Å². The zero-order valence-electron chi connectivity index (χ0n) is 22.5. The van der Waals surface area contributed by atoms with E-state index in [1.54, 1.807) is 0 Å². The Labute approximate surface area is 230 Å². The molecule has 5 rings (SSSR count). The zero-order valence-corrected chi connectivity index (χ0v) is 22.5. The molecule has 1 N–H and O–H groups in total. The van der Waals surface area contributed by atoms with Gasteiger partial charge in [-0.3, -0.25) is 14.6 Å². The second kappa shape index (κ2) is 12.6. The first-order valence-electron chi connectivity index (χ1n) is 13.8. The van der Waals surface area contributed by atoms with Gasteiger partial charge in [0.05, 0.1) is 25.9 Å². The lowest BCUT2D eigenvalue weighted by molar-refractivity contribution is -0.144. The van der Waals surface area contributed by atoms with Gasteiger partial charge < -0.3 is 15.0 Å². The number of aryl methyl sites for hydroxylation is 1. The predicted molar refractivity (Wildman–Crippen MR) is 155 cm³/mol. The molecule has 0 radical (unpaired) electrons. The van der Waals surface area contributed by atoms with E-state index in [4.69, 9.17) is 4.74 Å². The van der Waals surface area contributed by atoms with Crippen LogP contribution in [-0.4, -0.2) is 55.9 Å². The maximum Gasteiger partial charge on any atom is 0.306 e. The fourth-order valence-electron chi connectivity index (χ4n) is 5.32. The molecule has 7 nitrogen and oxygen atoms in total. The van der Waals surface area contributed by atoms with Gasteiger partial charge in [0.1, 0.15) is 0 Å². The molecule has 1 heterocycles. The van der Waals surface area contributed by atoms with Gasteiger partial charge in [-0.15, -0.1) is 0 Å². The lowest BCUT2D eigenvalue weighted by Gasteiger charge is -2.34. The number of hydrazone groups is 1. The van der Waals surface area contributed by atoms with Crippen molar-refractivity contribution in [2.45, 2.75) is 32.6 Å². The molecule has 1 aliphatic carbocycles. The highest BCUT2D eigenvalue weighted by Crippen LogP contribution is 2.30. The minimum atomic E-state index is -0.144. The lowest BCUT2D eigenvalue weighted by atomic mass is 9.82. The van der Waals surface area contributed by atoms with Crippen LogP contribution >= 0.6 is 0 Å². The highest BCUT2D eigenvalue weighted by atomic mass is 16.5. The number of carbonyl (C=O) groups is 2. The second-order valence-electron chi connectivity index (χ2n) is 10.2. The molecule has 0 saturated carbocycles. The first kappa shape index (κ1) is 26.5. The van der Waals surface area contributed by atoms with Crippen molar-refractivity contribution < 1.29 is 14.3 Å². The van der Waals surface area contributed by atoms with Crippen molar-refractivity contribution in [1.82, 2.24) is 5.01 Å². The number of rotatable bonds is 8. The van der Waals surface area contributed by atoms with Gasteiger partial charge >= 0.3 is 5.97 Å². The summed E-state index contributed by atoms with van der Waals surface area (Å²) in [5.41, 5.74) is 6.07. The Morgan fingerprint density at radius 2 is 1.74 bits per heavy atom. The van der Waals surface area contributed by atoms with Crippen molar-refractivity contribution >= 4 is 29.5 Å². The topological polar surface area (TPSA) is 74.2 Å². The van der Waals surface area contributed by atoms with E-state index < -0.39 is 0 Å². The number of nitrogens with zero attached hydrogens (tertiary/aromatic N) is 3. The Kier molecular flexibility index (Phi) is 8.56. The molecule has 3 aromatic rings. The van der Waals surface area contributed by atoms with Crippen molar-refractivity contribution in [1.29, 1.82) is 0 Å². The third kappa shape index (κ3) is 7.05. The molecular formula is C32H36N4O3. The van der Waals surface area contributed by atoms with Gasteiger partial charge in [-0.2, -0.15) is 5.10 Å². The Morgan fingerprint density at radius 1 is 0.974 bits per heavy atom. The molecule has 1 fully saturated rings. The maximum atomic E-state index is 12.9. The van der Waals surface area contributed by atoms with Gasteiger partial charge in [-0.25, -0.2) is 0 Å². The summed E-state index contributed by atoms with van der Waals surface area (Å²) in [6, 6.07) is 24.1. The number of hydrogen-bond donors (Lipinski definition) is 1. The van der Waals surface area contributed by atoms with Crippen LogP contribution in [0.15, 0.2) is 77.9 Å². The van der Waals surface area contributed by atoms with Crippen molar-refractivity contribution in [2.24, 2.45) is 11.0 Å². The first-order valence-corrected chi connectivity index (χ1v) is 13.8. The van der Waals surface area contributed by atoms with Gasteiger partial charge in [0.15, 0.2) is 0 Å². The summed E-state index contributed by atoms with van der Waals surface area (Å²) in [6.45, 7) is 5.87. The van der Waals surface area contributed by atoms with E-state index in [1.807, 2.05) is 55.6 Å². The zero-order chi connectivity index (χ0) is 27.0. The lowest BCUT2D eigenvalue weighted by Crippen LogP contribution is -2.44. The number of para-hydroxylation sites is 1. The van der Waals surface area contributed by atoms with Crippen molar-refractivity contribution in [3.8, 4) is 0 Å². The summed E-state index contributed by atoms with van der Waals surface area (Å²) in [6.07, 6.45) is 5.06. The highest BCUT2D eigenvalue weighted by molar-refractivity contribution is 6.04. The van der Waals surface area contributed by atoms with E-state index in [0.29, 0.717) is 18.6 Å². The number of nitrogens with one attached hydrogen (secondary N) is 1. The minimum absolute atomic E-state index is 0.130. The van der Waals surface area contributed by atoms with E-state index in [1.165, 1.54) is 16.8 Å². The molecule has 0 aromatic heterocycles. The molecular weight excluding hydrogens is 488 g/mol. The molecule has 202 valence electrons. The molecule has 1 aliphatic heterocycles. The van der Waals surface area contributed by atoms with Gasteiger partial charge in [-0.1, -0.05) is 36.4 Å². The van der Waals surface area contributed by atoms with Crippen LogP contribution in [0.5, 0.6) is 0 Å². The Morgan fingerprint density at radius 3 is 2.49 bits per heavy atom. The van der Waals surface area contributed by atoms with Crippen LogP contribution in [-0.2, 0) is 22.4 Å². The normalized spacial score (nSPS) is 17.1. The number of anilines is 2. The molecule has 1 atom stereocenters. The van der Waals surface area contributed by atoms with Crippen LogP contribution in [0.25, 0.3) is 0 Å². The maximum absolute atomic E-state index is 12.9. The number of amides is 1. The molecule has 39 heavy (non-hydrogen) atoms. The van der Waals surface area contributed by atoms with Crippen molar-refractivity contribution in [3.05, 3.63) is 95.1 Å².